The first kappa shape index (κ1) is 12.8. The van der Waals surface area contributed by atoms with Crippen molar-refractivity contribution in [1.82, 2.24) is 4.98 Å². The Kier molecular flexibility index (Phi) is 3.53. The van der Waals surface area contributed by atoms with Gasteiger partial charge >= 0.3 is 5.97 Å². The van der Waals surface area contributed by atoms with E-state index in [4.69, 9.17) is 11.6 Å². The Labute approximate surface area is 110 Å². The highest BCUT2D eigenvalue weighted by Crippen LogP contribution is 2.29. The van der Waals surface area contributed by atoms with Crippen LogP contribution in [-0.2, 0) is 0 Å². The maximum Gasteiger partial charge on any atom is 0.336 e. The maximum atomic E-state index is 11.3. The highest BCUT2D eigenvalue weighted by Gasteiger charge is 2.16. The lowest BCUT2D eigenvalue weighted by atomic mass is 10.00. The smallest absolute Gasteiger partial charge is 0.336 e. The second kappa shape index (κ2) is 4.94. The molecule has 0 saturated heterocycles. The van der Waals surface area contributed by atoms with Crippen LogP contribution in [0.3, 0.4) is 0 Å². The molecule has 1 N–H and O–H groups in total. The molecule has 94 valence electrons. The second-order valence-corrected chi connectivity index (χ2v) is 4.75. The van der Waals surface area contributed by atoms with Crippen LogP contribution >= 0.6 is 11.6 Å². The van der Waals surface area contributed by atoms with E-state index < -0.39 is 5.97 Å². The van der Waals surface area contributed by atoms with Crippen LogP contribution < -0.4 is 0 Å². The van der Waals surface area contributed by atoms with E-state index in [0.717, 1.165) is 12.1 Å². The number of rotatable bonds is 3. The summed E-state index contributed by atoms with van der Waals surface area (Å²) >= 11 is 6.07. The van der Waals surface area contributed by atoms with Gasteiger partial charge in [-0.25, -0.2) is 4.79 Å². The minimum absolute atomic E-state index is 0.223. The molecule has 0 aliphatic carbocycles. The Balaban J connectivity index is 2.79. The summed E-state index contributed by atoms with van der Waals surface area (Å²) in [5, 5.41) is 10.2. The van der Waals surface area contributed by atoms with Crippen molar-refractivity contribution in [3.05, 3.63) is 40.5 Å². The largest absolute Gasteiger partial charge is 0.478 e. The molecule has 0 aliphatic rings. The van der Waals surface area contributed by atoms with Gasteiger partial charge in [-0.3, -0.25) is 4.98 Å². The molecule has 0 aliphatic heterocycles. The first-order valence-electron chi connectivity index (χ1n) is 5.87. The standard InChI is InChI=1S/C14H14ClNO2/c1-3-8(2)12-7-9(14(17)18)13-10(15)5-4-6-11(13)16-12/h4-8H,3H2,1-2H3,(H,17,18). The van der Waals surface area contributed by atoms with Crippen molar-refractivity contribution in [2.45, 2.75) is 26.2 Å². The Hall–Kier alpha value is -1.61. The zero-order valence-electron chi connectivity index (χ0n) is 10.3. The first-order valence-corrected chi connectivity index (χ1v) is 6.24. The molecule has 1 unspecified atom stereocenters. The lowest BCUT2D eigenvalue weighted by Gasteiger charge is -2.12. The van der Waals surface area contributed by atoms with Gasteiger partial charge in [-0.15, -0.1) is 0 Å². The summed E-state index contributed by atoms with van der Waals surface area (Å²) in [4.78, 5) is 15.8. The van der Waals surface area contributed by atoms with Crippen molar-refractivity contribution in [2.24, 2.45) is 0 Å². The average Bonchev–Trinajstić information content (AvgIpc) is 2.36. The zero-order chi connectivity index (χ0) is 13.3. The molecule has 0 saturated carbocycles. The van der Waals surface area contributed by atoms with Gasteiger partial charge in [-0.1, -0.05) is 31.5 Å². The van der Waals surface area contributed by atoms with Crippen molar-refractivity contribution in [3.63, 3.8) is 0 Å². The molecule has 0 spiro atoms. The molecule has 2 rings (SSSR count). The number of fused-ring (bicyclic) bond motifs is 1. The van der Waals surface area contributed by atoms with E-state index in [1.165, 1.54) is 0 Å². The number of aromatic carboxylic acids is 1. The highest BCUT2D eigenvalue weighted by molar-refractivity contribution is 6.36. The van der Waals surface area contributed by atoms with Crippen LogP contribution in [-0.4, -0.2) is 16.1 Å². The fourth-order valence-electron chi connectivity index (χ4n) is 1.89. The van der Waals surface area contributed by atoms with Crippen molar-refractivity contribution in [1.29, 1.82) is 0 Å². The van der Waals surface area contributed by atoms with Gasteiger partial charge in [0.25, 0.3) is 0 Å². The molecule has 4 heteroatoms. The van der Waals surface area contributed by atoms with E-state index in [2.05, 4.69) is 11.9 Å². The second-order valence-electron chi connectivity index (χ2n) is 4.34. The number of hydrogen-bond donors (Lipinski definition) is 1. The Bertz CT molecular complexity index is 610. The third-order valence-corrected chi connectivity index (χ3v) is 3.47. The predicted molar refractivity (Wildman–Crippen MR) is 72.4 cm³/mol. The van der Waals surface area contributed by atoms with Crippen LogP contribution in [0.15, 0.2) is 24.3 Å². The summed E-state index contributed by atoms with van der Waals surface area (Å²) in [6, 6.07) is 6.88. The lowest BCUT2D eigenvalue weighted by molar-refractivity contribution is 0.0699. The first-order chi connectivity index (χ1) is 8.54. The van der Waals surface area contributed by atoms with Crippen LogP contribution in [0.1, 0.15) is 42.2 Å². The number of halogens is 1. The number of carboxylic acid groups (broad SMARTS) is 1. The van der Waals surface area contributed by atoms with Gasteiger partial charge in [0.1, 0.15) is 0 Å². The molecular formula is C14H14ClNO2. The molecule has 0 amide bonds. The zero-order valence-corrected chi connectivity index (χ0v) is 11.0. The van der Waals surface area contributed by atoms with Gasteiger partial charge in [0.05, 0.1) is 16.1 Å². The van der Waals surface area contributed by atoms with Crippen LogP contribution in [0.2, 0.25) is 5.02 Å². The number of benzene rings is 1. The predicted octanol–water partition coefficient (Wildman–Crippen LogP) is 4.10. The molecular weight excluding hydrogens is 250 g/mol. The van der Waals surface area contributed by atoms with Gasteiger partial charge in [-0.05, 0) is 30.5 Å². The molecule has 1 aromatic heterocycles. The number of pyridine rings is 1. The van der Waals surface area contributed by atoms with Crippen molar-refractivity contribution in [2.75, 3.05) is 0 Å². The minimum Gasteiger partial charge on any atom is -0.478 e. The van der Waals surface area contributed by atoms with Crippen LogP contribution in [0.25, 0.3) is 10.9 Å². The quantitative estimate of drug-likeness (QED) is 0.907. The molecule has 1 aromatic carbocycles. The minimum atomic E-state index is -0.972. The van der Waals surface area contributed by atoms with Crippen molar-refractivity contribution >= 4 is 28.5 Å². The van der Waals surface area contributed by atoms with Gasteiger partial charge in [-0.2, -0.15) is 0 Å². The summed E-state index contributed by atoms with van der Waals surface area (Å²) in [6.45, 7) is 4.08. The lowest BCUT2D eigenvalue weighted by Crippen LogP contribution is -2.04. The SMILES string of the molecule is CCC(C)c1cc(C(=O)O)c2c(Cl)cccc2n1. The van der Waals surface area contributed by atoms with Gasteiger partial charge in [0, 0.05) is 11.1 Å². The van der Waals surface area contributed by atoms with Gasteiger partial charge in [0.15, 0.2) is 0 Å². The fraction of sp³-hybridized carbons (Fsp3) is 0.286. The van der Waals surface area contributed by atoms with Crippen LogP contribution in [0.4, 0.5) is 0 Å². The van der Waals surface area contributed by atoms with Crippen LogP contribution in [0, 0.1) is 0 Å². The van der Waals surface area contributed by atoms with Gasteiger partial charge < -0.3 is 5.11 Å². The monoisotopic (exact) mass is 263 g/mol. The third-order valence-electron chi connectivity index (χ3n) is 3.15. The van der Waals surface area contributed by atoms with E-state index in [1.807, 2.05) is 6.92 Å². The topological polar surface area (TPSA) is 50.2 Å². The highest BCUT2D eigenvalue weighted by atomic mass is 35.5. The Morgan fingerprint density at radius 2 is 2.22 bits per heavy atom. The van der Waals surface area contributed by atoms with E-state index in [0.29, 0.717) is 15.9 Å². The molecule has 0 radical (unpaired) electrons. The Morgan fingerprint density at radius 3 is 2.83 bits per heavy atom. The molecule has 3 nitrogen and oxygen atoms in total. The molecule has 18 heavy (non-hydrogen) atoms. The van der Waals surface area contributed by atoms with E-state index in [-0.39, 0.29) is 11.5 Å². The molecule has 0 fully saturated rings. The molecule has 1 atom stereocenters. The van der Waals surface area contributed by atoms with Gasteiger partial charge in [0.2, 0.25) is 0 Å². The third kappa shape index (κ3) is 2.18. The fourth-order valence-corrected chi connectivity index (χ4v) is 2.17. The molecule has 1 heterocycles. The number of carboxylic acids is 1. The number of hydrogen-bond acceptors (Lipinski definition) is 2. The maximum absolute atomic E-state index is 11.3. The Morgan fingerprint density at radius 1 is 1.50 bits per heavy atom. The van der Waals surface area contributed by atoms with Crippen molar-refractivity contribution < 1.29 is 9.90 Å². The van der Waals surface area contributed by atoms with E-state index >= 15 is 0 Å². The number of aromatic nitrogens is 1. The summed E-state index contributed by atoms with van der Waals surface area (Å²) in [7, 11) is 0. The molecule has 2 aromatic rings. The normalized spacial score (nSPS) is 12.6. The van der Waals surface area contributed by atoms with Crippen molar-refractivity contribution in [3.8, 4) is 0 Å². The number of nitrogens with zero attached hydrogens (tertiary/aromatic N) is 1. The van der Waals surface area contributed by atoms with E-state index in [9.17, 15) is 9.90 Å². The number of carbonyl (C=O) groups is 1. The summed E-state index contributed by atoms with van der Waals surface area (Å²) in [6.07, 6.45) is 0.915. The van der Waals surface area contributed by atoms with Crippen LogP contribution in [0.5, 0.6) is 0 Å². The van der Waals surface area contributed by atoms with E-state index in [1.54, 1.807) is 24.3 Å². The average molecular weight is 264 g/mol. The summed E-state index contributed by atoms with van der Waals surface area (Å²) in [5.41, 5.74) is 1.66. The molecule has 0 bridgehead atoms. The summed E-state index contributed by atoms with van der Waals surface area (Å²) < 4.78 is 0. The summed E-state index contributed by atoms with van der Waals surface area (Å²) in [5.74, 6) is -0.744.